The minimum absolute atomic E-state index is 0.264. The topological polar surface area (TPSA) is 59.3 Å². The molecule has 1 aromatic rings. The van der Waals surface area contributed by atoms with E-state index in [-0.39, 0.29) is 4.47 Å². The van der Waals surface area contributed by atoms with Crippen molar-refractivity contribution in [2.75, 3.05) is 0 Å². The van der Waals surface area contributed by atoms with Crippen LogP contribution in [0.25, 0.3) is 0 Å². The first-order chi connectivity index (χ1) is 6.91. The molecule has 0 saturated heterocycles. The normalized spacial score (nSPS) is 10.7. The second-order valence-electron chi connectivity index (χ2n) is 2.73. The third-order valence-corrected chi connectivity index (χ3v) is 2.05. The van der Waals surface area contributed by atoms with Crippen LogP contribution in [0.1, 0.15) is 10.4 Å². The summed E-state index contributed by atoms with van der Waals surface area (Å²) in [5, 5.41) is 8.63. The molecule has 0 aliphatic heterocycles. The summed E-state index contributed by atoms with van der Waals surface area (Å²) in [7, 11) is 0. The van der Waals surface area contributed by atoms with Crippen LogP contribution in [0, 0.1) is 0 Å². The number of pyridine rings is 1. The molecule has 0 amide bonds. The average Bonchev–Trinajstić information content (AvgIpc) is 2.09. The molecular formula is C8H6BrF2NO3. The number of rotatable bonds is 3. The number of carbonyl (C=O) groups is 1. The van der Waals surface area contributed by atoms with Crippen LogP contribution in [0.4, 0.5) is 8.78 Å². The van der Waals surface area contributed by atoms with Crippen molar-refractivity contribution in [3.05, 3.63) is 32.7 Å². The fourth-order valence-electron chi connectivity index (χ4n) is 1.04. The summed E-state index contributed by atoms with van der Waals surface area (Å²) in [5.41, 5.74) is -1.48. The van der Waals surface area contributed by atoms with Gasteiger partial charge in [0.05, 0.1) is 6.54 Å². The van der Waals surface area contributed by atoms with E-state index in [1.54, 1.807) is 0 Å². The van der Waals surface area contributed by atoms with Gasteiger partial charge in [-0.2, -0.15) is 0 Å². The van der Waals surface area contributed by atoms with E-state index in [1.807, 2.05) is 0 Å². The molecule has 0 bridgehead atoms. The van der Waals surface area contributed by atoms with Gasteiger partial charge in [0, 0.05) is 10.7 Å². The predicted molar refractivity (Wildman–Crippen MR) is 51.4 cm³/mol. The molecule has 0 aromatic carbocycles. The Balaban J connectivity index is 3.29. The van der Waals surface area contributed by atoms with E-state index < -0.39 is 30.1 Å². The van der Waals surface area contributed by atoms with Gasteiger partial charge < -0.3 is 9.67 Å². The molecule has 0 fully saturated rings. The Kier molecular flexibility index (Phi) is 3.57. The molecule has 1 N–H and O–H groups in total. The van der Waals surface area contributed by atoms with Crippen molar-refractivity contribution in [2.24, 2.45) is 0 Å². The lowest BCUT2D eigenvalue weighted by atomic mass is 10.3. The molecule has 82 valence electrons. The van der Waals surface area contributed by atoms with E-state index in [2.05, 4.69) is 15.9 Å². The second-order valence-corrected chi connectivity index (χ2v) is 3.64. The third kappa shape index (κ3) is 2.85. The highest BCUT2D eigenvalue weighted by molar-refractivity contribution is 9.10. The summed E-state index contributed by atoms with van der Waals surface area (Å²) in [6.45, 7) is -0.821. The molecule has 1 rings (SSSR count). The number of alkyl halides is 2. The van der Waals surface area contributed by atoms with Gasteiger partial charge in [-0.1, -0.05) is 0 Å². The van der Waals surface area contributed by atoms with Gasteiger partial charge in [0.2, 0.25) is 0 Å². The summed E-state index contributed by atoms with van der Waals surface area (Å²) in [4.78, 5) is 21.9. The molecule has 0 unspecified atom stereocenters. The minimum Gasteiger partial charge on any atom is -0.477 e. The van der Waals surface area contributed by atoms with E-state index in [4.69, 9.17) is 5.11 Å². The van der Waals surface area contributed by atoms with Gasteiger partial charge in [-0.25, -0.2) is 13.6 Å². The molecular weight excluding hydrogens is 276 g/mol. The Morgan fingerprint density at radius 2 is 2.20 bits per heavy atom. The van der Waals surface area contributed by atoms with E-state index in [1.165, 1.54) is 0 Å². The fourth-order valence-corrected chi connectivity index (χ4v) is 1.51. The highest BCUT2D eigenvalue weighted by atomic mass is 79.9. The number of carboxylic acid groups (broad SMARTS) is 1. The van der Waals surface area contributed by atoms with Crippen LogP contribution in [0.2, 0.25) is 0 Å². The number of hydrogen-bond donors (Lipinski definition) is 1. The van der Waals surface area contributed by atoms with Crippen molar-refractivity contribution >= 4 is 21.9 Å². The zero-order chi connectivity index (χ0) is 11.6. The Morgan fingerprint density at radius 3 is 2.67 bits per heavy atom. The van der Waals surface area contributed by atoms with E-state index in [0.717, 1.165) is 12.3 Å². The summed E-state index contributed by atoms with van der Waals surface area (Å²) in [6.07, 6.45) is -1.58. The van der Waals surface area contributed by atoms with Gasteiger partial charge >= 0.3 is 5.97 Å². The molecule has 0 saturated carbocycles. The zero-order valence-corrected chi connectivity index (χ0v) is 8.87. The number of carboxylic acids is 1. The predicted octanol–water partition coefficient (Wildman–Crippen LogP) is 1.57. The van der Waals surface area contributed by atoms with E-state index in [0.29, 0.717) is 4.57 Å². The van der Waals surface area contributed by atoms with Gasteiger partial charge in [-0.05, 0) is 22.0 Å². The van der Waals surface area contributed by atoms with Crippen molar-refractivity contribution in [1.82, 2.24) is 4.57 Å². The number of hydrogen-bond acceptors (Lipinski definition) is 2. The van der Waals surface area contributed by atoms with Crippen LogP contribution in [-0.4, -0.2) is 22.1 Å². The fraction of sp³-hybridized carbons (Fsp3) is 0.250. The third-order valence-electron chi connectivity index (χ3n) is 1.62. The van der Waals surface area contributed by atoms with Crippen LogP contribution in [0.15, 0.2) is 21.5 Å². The molecule has 7 heteroatoms. The Morgan fingerprint density at radius 1 is 1.60 bits per heavy atom. The first kappa shape index (κ1) is 11.8. The monoisotopic (exact) mass is 281 g/mol. The van der Waals surface area contributed by atoms with Crippen LogP contribution >= 0.6 is 15.9 Å². The maximum absolute atomic E-state index is 12.0. The molecule has 0 atom stereocenters. The lowest BCUT2D eigenvalue weighted by molar-refractivity contribution is 0.0692. The highest BCUT2D eigenvalue weighted by Gasteiger charge is 2.14. The molecule has 1 aromatic heterocycles. The Hall–Kier alpha value is -1.24. The Labute approximate surface area is 91.3 Å². The first-order valence-electron chi connectivity index (χ1n) is 3.83. The summed E-state index contributed by atoms with van der Waals surface area (Å²) in [5.74, 6) is -1.44. The Bertz CT molecular complexity index is 444. The van der Waals surface area contributed by atoms with Crippen molar-refractivity contribution in [3.8, 4) is 0 Å². The van der Waals surface area contributed by atoms with Gasteiger partial charge in [0.25, 0.3) is 12.0 Å². The van der Waals surface area contributed by atoms with Gasteiger partial charge in [-0.15, -0.1) is 0 Å². The van der Waals surface area contributed by atoms with Gasteiger partial charge in [0.15, 0.2) is 0 Å². The second kappa shape index (κ2) is 4.52. The molecule has 0 spiro atoms. The molecule has 4 nitrogen and oxygen atoms in total. The van der Waals surface area contributed by atoms with E-state index in [9.17, 15) is 18.4 Å². The van der Waals surface area contributed by atoms with Crippen molar-refractivity contribution in [3.63, 3.8) is 0 Å². The molecule has 0 aliphatic rings. The highest BCUT2D eigenvalue weighted by Crippen LogP contribution is 2.09. The maximum Gasteiger partial charge on any atom is 0.341 e. The van der Waals surface area contributed by atoms with Crippen LogP contribution in [0.3, 0.4) is 0 Å². The van der Waals surface area contributed by atoms with Crippen LogP contribution in [-0.2, 0) is 6.54 Å². The van der Waals surface area contributed by atoms with Crippen LogP contribution < -0.4 is 5.56 Å². The number of nitrogens with zero attached hydrogens (tertiary/aromatic N) is 1. The average molecular weight is 282 g/mol. The summed E-state index contributed by atoms with van der Waals surface area (Å²) in [6, 6.07) is 1.08. The zero-order valence-electron chi connectivity index (χ0n) is 7.28. The summed E-state index contributed by atoms with van der Waals surface area (Å²) >= 11 is 2.94. The lowest BCUT2D eigenvalue weighted by Gasteiger charge is -2.06. The minimum atomic E-state index is -2.71. The largest absolute Gasteiger partial charge is 0.477 e. The van der Waals surface area contributed by atoms with Gasteiger partial charge in [-0.3, -0.25) is 4.79 Å². The molecule has 1 heterocycles. The first-order valence-corrected chi connectivity index (χ1v) is 4.62. The SMILES string of the molecule is O=C(O)c1cc(Br)cn(CC(F)F)c1=O. The molecule has 15 heavy (non-hydrogen) atoms. The van der Waals surface area contributed by atoms with Crippen molar-refractivity contribution < 1.29 is 18.7 Å². The maximum atomic E-state index is 12.0. The number of aromatic carboxylic acids is 1. The number of aromatic nitrogens is 1. The quantitative estimate of drug-likeness (QED) is 0.915. The van der Waals surface area contributed by atoms with Crippen molar-refractivity contribution in [1.29, 1.82) is 0 Å². The van der Waals surface area contributed by atoms with E-state index >= 15 is 0 Å². The molecule has 0 radical (unpaired) electrons. The lowest BCUT2D eigenvalue weighted by Crippen LogP contribution is -2.28. The van der Waals surface area contributed by atoms with Crippen LogP contribution in [0.5, 0.6) is 0 Å². The van der Waals surface area contributed by atoms with Crippen molar-refractivity contribution in [2.45, 2.75) is 13.0 Å². The standard InChI is InChI=1S/C8H6BrF2NO3/c9-4-1-5(8(14)15)7(13)12(2-4)3-6(10)11/h1-2,6H,3H2,(H,14,15). The van der Waals surface area contributed by atoms with Gasteiger partial charge in [0.1, 0.15) is 5.56 Å². The molecule has 0 aliphatic carbocycles. The number of halogens is 3. The summed E-state index contributed by atoms with van der Waals surface area (Å²) < 4.78 is 25.0. The smallest absolute Gasteiger partial charge is 0.341 e.